The molecule has 0 aliphatic heterocycles. The van der Waals surface area contributed by atoms with E-state index in [1.165, 1.54) is 87.0 Å². The fourth-order valence-electron chi connectivity index (χ4n) is 6.88. The number of aromatic hydroxyl groups is 7. The second-order valence-corrected chi connectivity index (χ2v) is 17.0. The van der Waals surface area contributed by atoms with Gasteiger partial charge in [0.25, 0.3) is 10.1 Å². The van der Waals surface area contributed by atoms with E-state index in [4.69, 9.17) is 29.3 Å². The topological polar surface area (TPSA) is 343 Å². The summed E-state index contributed by atoms with van der Waals surface area (Å²) in [6.07, 6.45) is 2.44. The molecule has 20 nitrogen and oxygen atoms in total. The molecule has 0 aromatic heterocycles. The van der Waals surface area contributed by atoms with E-state index in [-0.39, 0.29) is 79.2 Å². The van der Waals surface area contributed by atoms with Crippen LogP contribution in [0, 0.1) is 0 Å². The van der Waals surface area contributed by atoms with Crippen molar-refractivity contribution in [2.45, 2.75) is 18.7 Å². The van der Waals surface area contributed by atoms with Gasteiger partial charge in [0.15, 0.2) is 28.8 Å². The highest BCUT2D eigenvalue weighted by atomic mass is 32.2. The first-order valence-electron chi connectivity index (χ1n) is 22.3. The SMILES string of the molecule is CCN(CC)c1ccc(C(=O)c2ccccc2C(=O)O)c(O)c1.COc1cc(/C=C/C(=O)O)ccc1O.COc1cc(O)c(C(=O)c2ccccc2)cc1S(=O)(=O)O.O=C(c1ccc(O)cc1O)c1ccc(O)cc1O. The molecule has 0 saturated carbocycles. The van der Waals surface area contributed by atoms with Gasteiger partial charge >= 0.3 is 11.9 Å². The van der Waals surface area contributed by atoms with Gasteiger partial charge in [0.1, 0.15) is 45.1 Å². The predicted molar refractivity (Wildman–Crippen MR) is 277 cm³/mol. The number of aliphatic carboxylic acids is 1. The molecule has 7 aromatic carbocycles. The Morgan fingerprint density at radius 2 is 0.987 bits per heavy atom. The number of aromatic carboxylic acids is 1. The summed E-state index contributed by atoms with van der Waals surface area (Å²) in [5.74, 6) is -5.47. The number of carbonyl (C=O) groups is 5. The smallest absolute Gasteiger partial charge is 0.336 e. The fourth-order valence-corrected chi connectivity index (χ4v) is 7.55. The Kier molecular flexibility index (Phi) is 20.6. The number of hydrogen-bond acceptors (Lipinski definition) is 17. The van der Waals surface area contributed by atoms with Crippen LogP contribution in [0.2, 0.25) is 0 Å². The maximum atomic E-state index is 12.6. The number of carbonyl (C=O) groups excluding carboxylic acids is 3. The number of hydrogen-bond donors (Lipinski definition) is 10. The van der Waals surface area contributed by atoms with Gasteiger partial charge in [-0.25, -0.2) is 9.59 Å². The summed E-state index contributed by atoms with van der Waals surface area (Å²) >= 11 is 0. The van der Waals surface area contributed by atoms with Crippen LogP contribution in [-0.4, -0.2) is 116 Å². The Morgan fingerprint density at radius 3 is 1.46 bits per heavy atom. The van der Waals surface area contributed by atoms with Gasteiger partial charge in [-0.1, -0.05) is 54.6 Å². The highest BCUT2D eigenvalue weighted by molar-refractivity contribution is 7.86. The van der Waals surface area contributed by atoms with Crippen molar-refractivity contribution in [3.63, 3.8) is 0 Å². The first-order chi connectivity index (χ1) is 35.9. The number of carboxylic acid groups (broad SMARTS) is 2. The van der Waals surface area contributed by atoms with E-state index in [0.29, 0.717) is 11.3 Å². The predicted octanol–water partition coefficient (Wildman–Crippen LogP) is 8.28. The summed E-state index contributed by atoms with van der Waals surface area (Å²) in [5.41, 5.74) is 1.49. The van der Waals surface area contributed by atoms with Gasteiger partial charge in [-0.3, -0.25) is 18.9 Å². The summed E-state index contributed by atoms with van der Waals surface area (Å²) in [7, 11) is -1.98. The zero-order chi connectivity index (χ0) is 56.4. The molecule has 0 amide bonds. The Labute approximate surface area is 434 Å². The van der Waals surface area contributed by atoms with Crippen molar-refractivity contribution < 1.29 is 92.4 Å². The molecule has 10 N–H and O–H groups in total. The van der Waals surface area contributed by atoms with Crippen molar-refractivity contribution in [1.82, 2.24) is 0 Å². The van der Waals surface area contributed by atoms with E-state index >= 15 is 0 Å². The van der Waals surface area contributed by atoms with Crippen molar-refractivity contribution in [1.29, 1.82) is 0 Å². The highest BCUT2D eigenvalue weighted by Crippen LogP contribution is 2.34. The third-order valence-corrected chi connectivity index (χ3v) is 11.5. The largest absolute Gasteiger partial charge is 0.508 e. The quantitative estimate of drug-likeness (QED) is 0.0262. The highest BCUT2D eigenvalue weighted by Gasteiger charge is 2.24. The van der Waals surface area contributed by atoms with Crippen LogP contribution >= 0.6 is 0 Å². The average Bonchev–Trinajstić information content (AvgIpc) is 3.38. The van der Waals surface area contributed by atoms with Crippen molar-refractivity contribution in [3.8, 4) is 51.7 Å². The molecule has 0 atom stereocenters. The van der Waals surface area contributed by atoms with Crippen molar-refractivity contribution >= 4 is 51.2 Å². The van der Waals surface area contributed by atoms with Gasteiger partial charge in [0.2, 0.25) is 0 Å². The maximum absolute atomic E-state index is 12.6. The zero-order valence-corrected chi connectivity index (χ0v) is 41.7. The first kappa shape index (κ1) is 58.7. The molecule has 0 aliphatic carbocycles. The molecule has 0 spiro atoms. The molecule has 7 rings (SSSR count). The number of benzene rings is 7. The molecule has 0 aliphatic rings. The molecule has 0 bridgehead atoms. The number of nitrogens with zero attached hydrogens (tertiary/aromatic N) is 1. The van der Waals surface area contributed by atoms with Gasteiger partial charge in [0, 0.05) is 60.2 Å². The number of phenolic OH excluding ortho intramolecular Hbond substituents is 7. The van der Waals surface area contributed by atoms with Crippen LogP contribution in [0.1, 0.15) is 77.5 Å². The summed E-state index contributed by atoms with van der Waals surface area (Å²) in [4.78, 5) is 59.8. The van der Waals surface area contributed by atoms with E-state index in [1.54, 1.807) is 48.5 Å². The van der Waals surface area contributed by atoms with E-state index in [1.807, 2.05) is 18.7 Å². The van der Waals surface area contributed by atoms with Crippen LogP contribution in [0.25, 0.3) is 6.08 Å². The lowest BCUT2D eigenvalue weighted by atomic mass is 9.97. The Bertz CT molecular complexity index is 3340. The van der Waals surface area contributed by atoms with Gasteiger partial charge in [-0.2, -0.15) is 8.42 Å². The van der Waals surface area contributed by atoms with Crippen LogP contribution in [0.4, 0.5) is 5.69 Å². The van der Waals surface area contributed by atoms with Crippen molar-refractivity contribution in [2.24, 2.45) is 0 Å². The lowest BCUT2D eigenvalue weighted by Crippen LogP contribution is -2.21. The zero-order valence-electron chi connectivity index (χ0n) is 40.8. The van der Waals surface area contributed by atoms with Crippen molar-refractivity contribution in [2.75, 3.05) is 32.2 Å². The van der Waals surface area contributed by atoms with E-state index in [0.717, 1.165) is 49.1 Å². The molecular weight excluding hydrogens is 1010 g/mol. The van der Waals surface area contributed by atoms with Crippen LogP contribution < -0.4 is 14.4 Å². The molecule has 0 unspecified atom stereocenters. The average molecular weight is 1060 g/mol. The lowest BCUT2D eigenvalue weighted by Gasteiger charge is -2.21. The minimum absolute atomic E-state index is 0.0278. The first-order valence-corrected chi connectivity index (χ1v) is 23.7. The lowest BCUT2D eigenvalue weighted by molar-refractivity contribution is -0.131. The number of anilines is 1. The van der Waals surface area contributed by atoms with Crippen LogP contribution in [0.5, 0.6) is 51.7 Å². The van der Waals surface area contributed by atoms with Crippen molar-refractivity contribution in [3.05, 3.63) is 190 Å². The third-order valence-electron chi connectivity index (χ3n) is 10.7. The molecule has 7 aromatic rings. The van der Waals surface area contributed by atoms with Crippen LogP contribution in [0.3, 0.4) is 0 Å². The summed E-state index contributed by atoms with van der Waals surface area (Å²) in [6, 6.07) is 32.4. The molecule has 0 saturated heterocycles. The molecular formula is C55H51NO19S. The third kappa shape index (κ3) is 15.6. The molecule has 0 radical (unpaired) electrons. The second-order valence-electron chi connectivity index (χ2n) is 15.6. The number of methoxy groups -OCH3 is 2. The maximum Gasteiger partial charge on any atom is 0.336 e. The van der Waals surface area contributed by atoms with Gasteiger partial charge in [0.05, 0.1) is 42.0 Å². The normalized spacial score (nSPS) is 10.5. The minimum Gasteiger partial charge on any atom is -0.508 e. The van der Waals surface area contributed by atoms with E-state index in [9.17, 15) is 63.0 Å². The van der Waals surface area contributed by atoms with Crippen LogP contribution in [-0.2, 0) is 14.9 Å². The molecule has 0 heterocycles. The summed E-state index contributed by atoms with van der Waals surface area (Å²) < 4.78 is 41.4. The molecule has 0 fully saturated rings. The minimum atomic E-state index is -4.59. The van der Waals surface area contributed by atoms with Gasteiger partial charge < -0.3 is 60.3 Å². The molecule has 21 heteroatoms. The van der Waals surface area contributed by atoms with Gasteiger partial charge in [-0.05, 0) is 86.2 Å². The Morgan fingerprint density at radius 1 is 0.500 bits per heavy atom. The summed E-state index contributed by atoms with van der Waals surface area (Å²) in [5, 5.41) is 84.3. The standard InChI is InChI=1S/C18H19NO4.C14H12O6S.C13H10O5.C10H10O4/c1-3-19(4-2)12-9-10-15(16(20)11-12)17(21)13-7-5-6-8-14(13)18(22)23;1-20-12-8-11(15)10(7-13(12)21(17,18)19)14(16)9-5-3-2-4-6-9;14-7-1-3-9(11(16)5-7)13(18)10-4-2-8(15)6-12(10)17;1-14-9-6-7(2-4-8(9)11)3-5-10(12)13/h5-11,20H,3-4H2,1-2H3,(H,22,23);2-8,15H,1H3,(H,17,18,19);1-6,14-17H;2-6,11H,1H3,(H,12,13)/b;;;5-3+. The van der Waals surface area contributed by atoms with Crippen LogP contribution in [0.15, 0.2) is 150 Å². The number of rotatable bonds is 15. The van der Waals surface area contributed by atoms with E-state index < -0.39 is 50.1 Å². The summed E-state index contributed by atoms with van der Waals surface area (Å²) in [6.45, 7) is 5.57. The number of carboxylic acids is 2. The van der Waals surface area contributed by atoms with Gasteiger partial charge in [-0.15, -0.1) is 0 Å². The Balaban J connectivity index is 0.000000222. The fraction of sp³-hybridized carbons (Fsp3) is 0.109. The monoisotopic (exact) mass is 1060 g/mol. The number of ketones is 3. The second kappa shape index (κ2) is 26.7. The number of ether oxygens (including phenoxy) is 2. The van der Waals surface area contributed by atoms with E-state index in [2.05, 4.69) is 0 Å². The molecule has 396 valence electrons. The number of phenols is 7. The Hall–Kier alpha value is -9.86. The molecule has 76 heavy (non-hydrogen) atoms.